The molecule has 8 heteroatoms. The van der Waals surface area contributed by atoms with Crippen molar-refractivity contribution in [2.45, 2.75) is 17.9 Å². The van der Waals surface area contributed by atoms with Crippen molar-refractivity contribution >= 4 is 39.0 Å². The van der Waals surface area contributed by atoms with Gasteiger partial charge in [-0.2, -0.15) is 0 Å². The number of carbonyl (C=O) groups excluding carboxylic acids is 2. The third-order valence-electron chi connectivity index (χ3n) is 3.26. The standard InChI is InChI=1S/C17H16ClNO5S/c1-11(16(20)19-14-5-3-4-13(18)10-14)24-17(21)12-6-8-15(9-7-12)25(2,22)23/h3-11H,1-2H3,(H,19,20)/t11-/m1/s1. The van der Waals surface area contributed by atoms with Gasteiger partial charge in [0.25, 0.3) is 5.91 Å². The molecule has 1 N–H and O–H groups in total. The molecule has 0 saturated carbocycles. The Morgan fingerprint density at radius 1 is 1.12 bits per heavy atom. The molecule has 0 bridgehead atoms. The van der Waals surface area contributed by atoms with Gasteiger partial charge in [-0.25, -0.2) is 13.2 Å². The third kappa shape index (κ3) is 5.30. The highest BCUT2D eigenvalue weighted by molar-refractivity contribution is 7.90. The number of carbonyl (C=O) groups is 2. The zero-order chi connectivity index (χ0) is 18.6. The highest BCUT2D eigenvalue weighted by Gasteiger charge is 2.19. The van der Waals surface area contributed by atoms with Crippen LogP contribution in [-0.4, -0.2) is 32.7 Å². The van der Waals surface area contributed by atoms with Crippen molar-refractivity contribution < 1.29 is 22.7 Å². The van der Waals surface area contributed by atoms with E-state index < -0.39 is 27.8 Å². The maximum atomic E-state index is 12.1. The van der Waals surface area contributed by atoms with Crippen molar-refractivity contribution in [1.29, 1.82) is 0 Å². The highest BCUT2D eigenvalue weighted by atomic mass is 35.5. The van der Waals surface area contributed by atoms with Crippen molar-refractivity contribution in [3.8, 4) is 0 Å². The van der Waals surface area contributed by atoms with Crippen LogP contribution >= 0.6 is 11.6 Å². The first-order chi connectivity index (χ1) is 11.7. The molecule has 0 fully saturated rings. The number of hydrogen-bond donors (Lipinski definition) is 1. The average molecular weight is 382 g/mol. The molecule has 2 rings (SSSR count). The molecule has 25 heavy (non-hydrogen) atoms. The van der Waals surface area contributed by atoms with Crippen LogP contribution in [0.1, 0.15) is 17.3 Å². The number of sulfone groups is 1. The van der Waals surface area contributed by atoms with E-state index in [1.807, 2.05) is 0 Å². The summed E-state index contributed by atoms with van der Waals surface area (Å²) in [6.07, 6.45) is 0.0313. The Morgan fingerprint density at radius 3 is 2.32 bits per heavy atom. The fraction of sp³-hybridized carbons (Fsp3) is 0.176. The second kappa shape index (κ2) is 7.67. The number of ether oxygens (including phenoxy) is 1. The van der Waals surface area contributed by atoms with Gasteiger partial charge in [-0.05, 0) is 49.4 Å². The van der Waals surface area contributed by atoms with E-state index in [1.165, 1.54) is 31.2 Å². The molecule has 0 heterocycles. The molecule has 1 atom stereocenters. The minimum Gasteiger partial charge on any atom is -0.449 e. The predicted octanol–water partition coefficient (Wildman–Crippen LogP) is 2.93. The largest absolute Gasteiger partial charge is 0.449 e. The van der Waals surface area contributed by atoms with E-state index in [-0.39, 0.29) is 10.5 Å². The van der Waals surface area contributed by atoms with Gasteiger partial charge < -0.3 is 10.1 Å². The van der Waals surface area contributed by atoms with Crippen LogP contribution in [0.15, 0.2) is 53.4 Å². The van der Waals surface area contributed by atoms with E-state index in [4.69, 9.17) is 16.3 Å². The normalized spacial score (nSPS) is 12.3. The highest BCUT2D eigenvalue weighted by Crippen LogP contribution is 2.16. The predicted molar refractivity (Wildman–Crippen MR) is 94.5 cm³/mol. The molecule has 2 aromatic rings. The van der Waals surface area contributed by atoms with Gasteiger partial charge in [0.05, 0.1) is 10.5 Å². The summed E-state index contributed by atoms with van der Waals surface area (Å²) >= 11 is 5.84. The molecule has 132 valence electrons. The van der Waals surface area contributed by atoms with Gasteiger partial charge >= 0.3 is 5.97 Å². The number of esters is 1. The van der Waals surface area contributed by atoms with Gasteiger partial charge in [-0.15, -0.1) is 0 Å². The van der Waals surface area contributed by atoms with Crippen LogP contribution in [0.4, 0.5) is 5.69 Å². The molecule has 2 aromatic carbocycles. The van der Waals surface area contributed by atoms with Gasteiger partial charge in [0.2, 0.25) is 0 Å². The number of benzene rings is 2. The van der Waals surface area contributed by atoms with Crippen LogP contribution in [0.25, 0.3) is 0 Å². The number of hydrogen-bond acceptors (Lipinski definition) is 5. The van der Waals surface area contributed by atoms with Crippen molar-refractivity contribution in [2.75, 3.05) is 11.6 Å². The lowest BCUT2D eigenvalue weighted by Gasteiger charge is -2.14. The fourth-order valence-electron chi connectivity index (χ4n) is 1.93. The average Bonchev–Trinajstić information content (AvgIpc) is 2.54. The van der Waals surface area contributed by atoms with Crippen LogP contribution in [0.3, 0.4) is 0 Å². The molecular weight excluding hydrogens is 366 g/mol. The summed E-state index contributed by atoms with van der Waals surface area (Å²) in [5.74, 6) is -1.24. The van der Waals surface area contributed by atoms with E-state index in [0.29, 0.717) is 10.7 Å². The fourth-order valence-corrected chi connectivity index (χ4v) is 2.75. The molecule has 0 aliphatic heterocycles. The molecule has 6 nitrogen and oxygen atoms in total. The SMILES string of the molecule is C[C@@H](OC(=O)c1ccc(S(C)(=O)=O)cc1)C(=O)Nc1cccc(Cl)c1. The van der Waals surface area contributed by atoms with E-state index in [1.54, 1.807) is 24.3 Å². The Bertz CT molecular complexity index is 894. The van der Waals surface area contributed by atoms with Crippen LogP contribution < -0.4 is 5.32 Å². The molecule has 0 spiro atoms. The quantitative estimate of drug-likeness (QED) is 0.804. The van der Waals surface area contributed by atoms with Crippen molar-refractivity contribution in [3.63, 3.8) is 0 Å². The molecule has 0 aliphatic rings. The Morgan fingerprint density at radius 2 is 1.76 bits per heavy atom. The van der Waals surface area contributed by atoms with Gasteiger partial charge in [0.1, 0.15) is 0 Å². The minimum absolute atomic E-state index is 0.0933. The van der Waals surface area contributed by atoms with Crippen LogP contribution in [0, 0.1) is 0 Å². The van der Waals surface area contributed by atoms with Gasteiger partial charge in [0.15, 0.2) is 15.9 Å². The van der Waals surface area contributed by atoms with E-state index in [0.717, 1.165) is 6.26 Å². The van der Waals surface area contributed by atoms with E-state index >= 15 is 0 Å². The van der Waals surface area contributed by atoms with Crippen LogP contribution in [-0.2, 0) is 19.4 Å². The third-order valence-corrected chi connectivity index (χ3v) is 4.63. The minimum atomic E-state index is -3.35. The lowest BCUT2D eigenvalue weighted by molar-refractivity contribution is -0.123. The number of nitrogens with one attached hydrogen (secondary N) is 1. The second-order valence-corrected chi connectivity index (χ2v) is 7.80. The summed E-state index contributed by atoms with van der Waals surface area (Å²) in [6, 6.07) is 11.9. The summed E-state index contributed by atoms with van der Waals surface area (Å²) in [5, 5.41) is 3.05. The van der Waals surface area contributed by atoms with Crippen molar-refractivity contribution in [1.82, 2.24) is 0 Å². The first-order valence-corrected chi connectivity index (χ1v) is 9.51. The first-order valence-electron chi connectivity index (χ1n) is 7.24. The summed E-state index contributed by atoms with van der Waals surface area (Å²) in [5.41, 5.74) is 0.632. The Balaban J connectivity index is 2.00. The molecule has 0 radical (unpaired) electrons. The zero-order valence-corrected chi connectivity index (χ0v) is 15.1. The number of halogens is 1. The second-order valence-electron chi connectivity index (χ2n) is 5.34. The molecule has 0 aromatic heterocycles. The smallest absolute Gasteiger partial charge is 0.338 e. The summed E-state index contributed by atoms with van der Waals surface area (Å²) in [6.45, 7) is 1.43. The molecule has 1 amide bonds. The van der Waals surface area contributed by atoms with Gasteiger partial charge in [0, 0.05) is 17.0 Å². The summed E-state index contributed by atoms with van der Waals surface area (Å²) in [7, 11) is -3.35. The Labute approximate surface area is 150 Å². The van der Waals surface area contributed by atoms with E-state index in [9.17, 15) is 18.0 Å². The maximum Gasteiger partial charge on any atom is 0.338 e. The Hall–Kier alpha value is -2.38. The summed E-state index contributed by atoms with van der Waals surface area (Å²) < 4.78 is 27.9. The lowest BCUT2D eigenvalue weighted by atomic mass is 10.2. The van der Waals surface area contributed by atoms with Gasteiger partial charge in [-0.1, -0.05) is 17.7 Å². The van der Waals surface area contributed by atoms with Crippen molar-refractivity contribution in [3.05, 3.63) is 59.1 Å². The van der Waals surface area contributed by atoms with E-state index in [2.05, 4.69) is 5.32 Å². The van der Waals surface area contributed by atoms with Crippen molar-refractivity contribution in [2.24, 2.45) is 0 Å². The zero-order valence-electron chi connectivity index (χ0n) is 13.5. The molecule has 0 aliphatic carbocycles. The number of anilines is 1. The Kier molecular flexibility index (Phi) is 5.81. The number of rotatable bonds is 5. The first kappa shape index (κ1) is 19.0. The molecular formula is C17H16ClNO5S. The maximum absolute atomic E-state index is 12.1. The van der Waals surface area contributed by atoms with Crippen LogP contribution in [0.5, 0.6) is 0 Å². The topological polar surface area (TPSA) is 89.5 Å². The van der Waals surface area contributed by atoms with Crippen LogP contribution in [0.2, 0.25) is 5.02 Å². The summed E-state index contributed by atoms with van der Waals surface area (Å²) in [4.78, 5) is 24.2. The lowest BCUT2D eigenvalue weighted by Crippen LogP contribution is -2.30. The monoisotopic (exact) mass is 381 g/mol. The van der Waals surface area contributed by atoms with Gasteiger partial charge in [-0.3, -0.25) is 4.79 Å². The molecule has 0 saturated heterocycles. The molecule has 0 unspecified atom stereocenters. The number of amides is 1.